The van der Waals surface area contributed by atoms with E-state index >= 15 is 0 Å². The van der Waals surface area contributed by atoms with Gasteiger partial charge in [0.15, 0.2) is 0 Å². The number of thioether (sulfide) groups is 1. The van der Waals surface area contributed by atoms with Crippen LogP contribution in [0.5, 0.6) is 0 Å². The highest BCUT2D eigenvalue weighted by Gasteiger charge is 2.04. The van der Waals surface area contributed by atoms with Crippen molar-refractivity contribution in [2.45, 2.75) is 23.6 Å². The normalized spacial score (nSPS) is 12.9. The van der Waals surface area contributed by atoms with Crippen LogP contribution in [0.3, 0.4) is 0 Å². The van der Waals surface area contributed by atoms with E-state index in [1.54, 1.807) is 11.8 Å². The van der Waals surface area contributed by atoms with Crippen molar-refractivity contribution in [3.63, 3.8) is 0 Å². The van der Waals surface area contributed by atoms with Crippen molar-refractivity contribution in [2.24, 2.45) is 5.73 Å². The minimum absolute atomic E-state index is 0.195. The Kier molecular flexibility index (Phi) is 4.95. The van der Waals surface area contributed by atoms with Crippen molar-refractivity contribution >= 4 is 27.7 Å². The fourth-order valence-corrected chi connectivity index (χ4v) is 2.60. The lowest BCUT2D eigenvalue weighted by molar-refractivity contribution is 0.300. The quantitative estimate of drug-likeness (QED) is 0.830. The van der Waals surface area contributed by atoms with Crippen molar-refractivity contribution in [1.29, 1.82) is 0 Å². The third-order valence-electron chi connectivity index (χ3n) is 1.84. The Balaban J connectivity index is 2.76. The third-order valence-corrected chi connectivity index (χ3v) is 3.65. The van der Waals surface area contributed by atoms with E-state index in [2.05, 4.69) is 15.9 Å². The summed E-state index contributed by atoms with van der Waals surface area (Å²) in [6, 6.07) is 6.08. The molecule has 0 aliphatic heterocycles. The molecule has 14 heavy (non-hydrogen) atoms. The molecule has 1 unspecified atom stereocenters. The molecule has 78 valence electrons. The summed E-state index contributed by atoms with van der Waals surface area (Å²) >= 11 is 5.12. The summed E-state index contributed by atoms with van der Waals surface area (Å²) in [4.78, 5) is 1.15. The SMILES string of the molecule is CC(CO)Sc1ccc(CN)c(Br)c1. The molecule has 0 aliphatic rings. The van der Waals surface area contributed by atoms with Gasteiger partial charge in [-0.1, -0.05) is 28.9 Å². The van der Waals surface area contributed by atoms with Gasteiger partial charge in [0.2, 0.25) is 0 Å². The van der Waals surface area contributed by atoms with E-state index < -0.39 is 0 Å². The Labute approximate surface area is 97.0 Å². The molecule has 0 saturated heterocycles. The number of benzene rings is 1. The molecule has 0 radical (unpaired) electrons. The molecular weight excluding hydrogens is 262 g/mol. The smallest absolute Gasteiger partial charge is 0.0550 e. The van der Waals surface area contributed by atoms with E-state index in [9.17, 15) is 0 Å². The monoisotopic (exact) mass is 275 g/mol. The van der Waals surface area contributed by atoms with E-state index in [0.717, 1.165) is 14.9 Å². The standard InChI is InChI=1S/C10H14BrNOS/c1-7(6-13)14-9-3-2-8(5-12)10(11)4-9/h2-4,7,13H,5-6,12H2,1H3. The van der Waals surface area contributed by atoms with Crippen LogP contribution in [0, 0.1) is 0 Å². The first-order valence-electron chi connectivity index (χ1n) is 4.43. The maximum atomic E-state index is 8.91. The molecule has 0 saturated carbocycles. The third kappa shape index (κ3) is 3.28. The minimum atomic E-state index is 0.195. The molecule has 4 heteroatoms. The van der Waals surface area contributed by atoms with E-state index in [-0.39, 0.29) is 11.9 Å². The summed E-state index contributed by atoms with van der Waals surface area (Å²) in [7, 11) is 0. The number of aliphatic hydroxyl groups excluding tert-OH is 1. The molecular formula is C10H14BrNOS. The van der Waals surface area contributed by atoms with Gasteiger partial charge in [-0.05, 0) is 17.7 Å². The van der Waals surface area contributed by atoms with Crippen LogP contribution in [-0.4, -0.2) is 17.0 Å². The molecule has 1 atom stereocenters. The highest BCUT2D eigenvalue weighted by Crippen LogP contribution is 2.27. The largest absolute Gasteiger partial charge is 0.395 e. The molecule has 0 amide bonds. The van der Waals surface area contributed by atoms with Crippen molar-refractivity contribution in [3.05, 3.63) is 28.2 Å². The van der Waals surface area contributed by atoms with Gasteiger partial charge in [-0.25, -0.2) is 0 Å². The van der Waals surface area contributed by atoms with Crippen LogP contribution in [0.25, 0.3) is 0 Å². The Morgan fingerprint density at radius 3 is 2.79 bits per heavy atom. The zero-order chi connectivity index (χ0) is 10.6. The predicted octanol–water partition coefficient (Wildman–Crippen LogP) is 2.38. The average molecular weight is 276 g/mol. The van der Waals surface area contributed by atoms with E-state index in [4.69, 9.17) is 10.8 Å². The first kappa shape index (κ1) is 12.0. The molecule has 3 N–H and O–H groups in total. The van der Waals surface area contributed by atoms with Gasteiger partial charge in [0.25, 0.3) is 0 Å². The number of aliphatic hydroxyl groups is 1. The molecule has 0 bridgehead atoms. The van der Waals surface area contributed by atoms with Gasteiger partial charge in [0.1, 0.15) is 0 Å². The number of rotatable bonds is 4. The summed E-state index contributed by atoms with van der Waals surface area (Å²) in [6.45, 7) is 2.73. The topological polar surface area (TPSA) is 46.2 Å². The minimum Gasteiger partial charge on any atom is -0.395 e. The molecule has 0 aliphatic carbocycles. The van der Waals surface area contributed by atoms with Crippen LogP contribution in [0.4, 0.5) is 0 Å². The Morgan fingerprint density at radius 2 is 2.29 bits per heavy atom. The summed E-state index contributed by atoms with van der Waals surface area (Å²) in [5, 5.41) is 9.14. The Morgan fingerprint density at radius 1 is 1.57 bits per heavy atom. The van der Waals surface area contributed by atoms with Crippen LogP contribution in [0.2, 0.25) is 0 Å². The van der Waals surface area contributed by atoms with Gasteiger partial charge < -0.3 is 10.8 Å². The second-order valence-electron chi connectivity index (χ2n) is 3.07. The molecule has 0 aromatic heterocycles. The first-order valence-corrected chi connectivity index (χ1v) is 6.10. The van der Waals surface area contributed by atoms with E-state index in [0.29, 0.717) is 6.54 Å². The molecule has 0 fully saturated rings. The Bertz CT molecular complexity index is 306. The van der Waals surface area contributed by atoms with Crippen molar-refractivity contribution < 1.29 is 5.11 Å². The number of nitrogens with two attached hydrogens (primary N) is 1. The molecule has 1 rings (SSSR count). The lowest BCUT2D eigenvalue weighted by atomic mass is 10.2. The van der Waals surface area contributed by atoms with E-state index in [1.165, 1.54) is 0 Å². The van der Waals surface area contributed by atoms with Gasteiger partial charge in [-0.15, -0.1) is 11.8 Å². The van der Waals surface area contributed by atoms with Crippen LogP contribution in [0.1, 0.15) is 12.5 Å². The van der Waals surface area contributed by atoms with Crippen LogP contribution >= 0.6 is 27.7 Å². The molecule has 0 heterocycles. The maximum Gasteiger partial charge on any atom is 0.0550 e. The van der Waals surface area contributed by atoms with Crippen LogP contribution < -0.4 is 5.73 Å². The van der Waals surface area contributed by atoms with Gasteiger partial charge in [0.05, 0.1) is 6.61 Å². The molecule has 0 spiro atoms. The van der Waals surface area contributed by atoms with Crippen LogP contribution in [-0.2, 0) is 6.54 Å². The highest BCUT2D eigenvalue weighted by atomic mass is 79.9. The predicted molar refractivity (Wildman–Crippen MR) is 64.4 cm³/mol. The van der Waals surface area contributed by atoms with Crippen molar-refractivity contribution in [3.8, 4) is 0 Å². The first-order chi connectivity index (χ1) is 6.67. The average Bonchev–Trinajstić information content (AvgIpc) is 2.18. The lowest BCUT2D eigenvalue weighted by Gasteiger charge is -2.09. The van der Waals surface area contributed by atoms with E-state index in [1.807, 2.05) is 25.1 Å². The zero-order valence-corrected chi connectivity index (χ0v) is 10.4. The summed E-state index contributed by atoms with van der Waals surface area (Å²) < 4.78 is 1.04. The summed E-state index contributed by atoms with van der Waals surface area (Å²) in [5.74, 6) is 0. The van der Waals surface area contributed by atoms with Gasteiger partial charge in [-0.3, -0.25) is 0 Å². The summed E-state index contributed by atoms with van der Waals surface area (Å²) in [5.41, 5.74) is 6.65. The second-order valence-corrected chi connectivity index (χ2v) is 5.43. The second kappa shape index (κ2) is 5.75. The summed E-state index contributed by atoms with van der Waals surface area (Å²) in [6.07, 6.45) is 0. The fourth-order valence-electron chi connectivity index (χ4n) is 1.04. The van der Waals surface area contributed by atoms with Crippen LogP contribution in [0.15, 0.2) is 27.6 Å². The van der Waals surface area contributed by atoms with Gasteiger partial charge in [-0.2, -0.15) is 0 Å². The number of halogens is 1. The molecule has 1 aromatic rings. The van der Waals surface area contributed by atoms with Gasteiger partial charge >= 0.3 is 0 Å². The van der Waals surface area contributed by atoms with Crippen molar-refractivity contribution in [1.82, 2.24) is 0 Å². The zero-order valence-electron chi connectivity index (χ0n) is 8.03. The number of hydrogen-bond acceptors (Lipinski definition) is 3. The fraction of sp³-hybridized carbons (Fsp3) is 0.400. The molecule has 2 nitrogen and oxygen atoms in total. The number of hydrogen-bond donors (Lipinski definition) is 2. The van der Waals surface area contributed by atoms with Gasteiger partial charge in [0, 0.05) is 21.2 Å². The Hall–Kier alpha value is -0.0300. The van der Waals surface area contributed by atoms with Crippen molar-refractivity contribution in [2.75, 3.05) is 6.61 Å². The highest BCUT2D eigenvalue weighted by molar-refractivity contribution is 9.10. The maximum absolute atomic E-state index is 8.91. The lowest BCUT2D eigenvalue weighted by Crippen LogP contribution is -2.02. The molecule has 1 aromatic carbocycles.